The SMILES string of the molecule is CN(C)c1ccc(CN2CCCC(C(O)c3nccn3C)C2)cc1. The molecule has 1 aromatic carbocycles. The summed E-state index contributed by atoms with van der Waals surface area (Å²) in [6, 6.07) is 8.74. The van der Waals surface area contributed by atoms with E-state index >= 15 is 0 Å². The largest absolute Gasteiger partial charge is 0.385 e. The van der Waals surface area contributed by atoms with Crippen LogP contribution in [0.4, 0.5) is 5.69 Å². The summed E-state index contributed by atoms with van der Waals surface area (Å²) in [5, 5.41) is 10.7. The van der Waals surface area contributed by atoms with Crippen molar-refractivity contribution in [3.8, 4) is 0 Å². The highest BCUT2D eigenvalue weighted by molar-refractivity contribution is 5.45. The van der Waals surface area contributed by atoms with Gasteiger partial charge in [-0.15, -0.1) is 0 Å². The van der Waals surface area contributed by atoms with Crippen molar-refractivity contribution >= 4 is 5.69 Å². The molecule has 2 unspecified atom stereocenters. The second-order valence-corrected chi connectivity index (χ2v) is 7.04. The number of aliphatic hydroxyl groups excluding tert-OH is 1. The van der Waals surface area contributed by atoms with Crippen molar-refractivity contribution in [1.82, 2.24) is 14.5 Å². The molecule has 3 rings (SSSR count). The Kier molecular flexibility index (Phi) is 5.21. The lowest BCUT2D eigenvalue weighted by Gasteiger charge is -2.35. The van der Waals surface area contributed by atoms with Crippen LogP contribution in [0.3, 0.4) is 0 Å². The lowest BCUT2D eigenvalue weighted by molar-refractivity contribution is 0.0405. The maximum Gasteiger partial charge on any atom is 0.137 e. The smallest absolute Gasteiger partial charge is 0.137 e. The number of aliphatic hydroxyl groups is 1. The number of aryl methyl sites for hydroxylation is 1. The standard InChI is InChI=1S/C19H28N4O/c1-21(2)17-8-6-15(7-9-17)13-23-11-4-5-16(14-23)18(24)19-20-10-12-22(19)3/h6-10,12,16,18,24H,4-5,11,13-14H2,1-3H3. The number of hydrogen-bond donors (Lipinski definition) is 1. The van der Waals surface area contributed by atoms with Crippen LogP contribution < -0.4 is 4.90 Å². The number of aromatic nitrogens is 2. The third-order valence-electron chi connectivity index (χ3n) is 4.97. The van der Waals surface area contributed by atoms with Crippen LogP contribution in [-0.2, 0) is 13.6 Å². The first kappa shape index (κ1) is 17.0. The van der Waals surface area contributed by atoms with Crippen molar-refractivity contribution in [3.05, 3.63) is 48.0 Å². The molecule has 1 saturated heterocycles. The van der Waals surface area contributed by atoms with Crippen LogP contribution in [0.15, 0.2) is 36.7 Å². The fourth-order valence-corrected chi connectivity index (χ4v) is 3.52. The molecule has 2 aromatic rings. The lowest BCUT2D eigenvalue weighted by Crippen LogP contribution is -2.37. The molecule has 1 aromatic heterocycles. The molecule has 1 N–H and O–H groups in total. The van der Waals surface area contributed by atoms with Gasteiger partial charge < -0.3 is 14.6 Å². The second kappa shape index (κ2) is 7.36. The van der Waals surface area contributed by atoms with Gasteiger partial charge in [-0.25, -0.2) is 4.98 Å². The molecule has 130 valence electrons. The van der Waals surface area contributed by atoms with Gasteiger partial charge in [-0.2, -0.15) is 0 Å². The number of benzene rings is 1. The molecule has 0 spiro atoms. The van der Waals surface area contributed by atoms with E-state index in [4.69, 9.17) is 0 Å². The van der Waals surface area contributed by atoms with Crippen molar-refractivity contribution in [1.29, 1.82) is 0 Å². The van der Waals surface area contributed by atoms with Crippen LogP contribution in [0.5, 0.6) is 0 Å². The molecule has 0 aliphatic carbocycles. The van der Waals surface area contributed by atoms with Crippen molar-refractivity contribution in [2.24, 2.45) is 13.0 Å². The Morgan fingerprint density at radius 2 is 2.04 bits per heavy atom. The molecule has 0 bridgehead atoms. The molecule has 1 aliphatic rings. The second-order valence-electron chi connectivity index (χ2n) is 7.04. The quantitative estimate of drug-likeness (QED) is 0.915. The summed E-state index contributed by atoms with van der Waals surface area (Å²) in [6.45, 7) is 2.96. The first-order valence-corrected chi connectivity index (χ1v) is 8.68. The number of hydrogen-bond acceptors (Lipinski definition) is 4. The van der Waals surface area contributed by atoms with Gasteiger partial charge in [0.25, 0.3) is 0 Å². The van der Waals surface area contributed by atoms with E-state index in [9.17, 15) is 5.11 Å². The zero-order valence-electron chi connectivity index (χ0n) is 14.9. The summed E-state index contributed by atoms with van der Waals surface area (Å²) in [5.74, 6) is 1.03. The van der Waals surface area contributed by atoms with E-state index in [0.717, 1.165) is 38.3 Å². The Hall–Kier alpha value is -1.85. The van der Waals surface area contributed by atoms with Crippen molar-refractivity contribution in [2.75, 3.05) is 32.1 Å². The first-order valence-electron chi connectivity index (χ1n) is 8.68. The number of imidazole rings is 1. The molecule has 1 aliphatic heterocycles. The molecule has 24 heavy (non-hydrogen) atoms. The normalized spacial score (nSPS) is 20.1. The highest BCUT2D eigenvalue weighted by Crippen LogP contribution is 2.29. The highest BCUT2D eigenvalue weighted by atomic mass is 16.3. The number of anilines is 1. The van der Waals surface area contributed by atoms with Crippen molar-refractivity contribution in [3.63, 3.8) is 0 Å². The van der Waals surface area contributed by atoms with Gasteiger partial charge in [0.05, 0.1) is 0 Å². The van der Waals surface area contributed by atoms with Crippen LogP contribution in [-0.4, -0.2) is 46.7 Å². The van der Waals surface area contributed by atoms with Gasteiger partial charge >= 0.3 is 0 Å². The molecule has 5 nitrogen and oxygen atoms in total. The lowest BCUT2D eigenvalue weighted by atomic mass is 9.91. The van der Waals surface area contributed by atoms with E-state index in [1.165, 1.54) is 11.3 Å². The Bertz CT molecular complexity index is 650. The minimum absolute atomic E-state index is 0.251. The Labute approximate surface area is 144 Å². The number of rotatable bonds is 5. The molecular weight excluding hydrogens is 300 g/mol. The summed E-state index contributed by atoms with van der Waals surface area (Å²) in [4.78, 5) is 8.88. The minimum atomic E-state index is -0.482. The van der Waals surface area contributed by atoms with Crippen LogP contribution in [0, 0.1) is 5.92 Å². The topological polar surface area (TPSA) is 44.5 Å². The average Bonchev–Trinajstić information content (AvgIpc) is 3.01. The Morgan fingerprint density at radius 1 is 1.29 bits per heavy atom. The van der Waals surface area contributed by atoms with Crippen LogP contribution >= 0.6 is 0 Å². The molecule has 0 radical (unpaired) electrons. The maximum atomic E-state index is 10.7. The summed E-state index contributed by atoms with van der Waals surface area (Å²) < 4.78 is 1.92. The number of piperidine rings is 1. The zero-order chi connectivity index (χ0) is 17.1. The van der Waals surface area contributed by atoms with E-state index in [2.05, 4.69) is 53.1 Å². The van der Waals surface area contributed by atoms with Gasteiger partial charge in [0, 0.05) is 58.2 Å². The van der Waals surface area contributed by atoms with Gasteiger partial charge in [-0.3, -0.25) is 4.90 Å². The molecule has 2 heterocycles. The molecule has 5 heteroatoms. The third-order valence-corrected chi connectivity index (χ3v) is 4.97. The number of nitrogens with zero attached hydrogens (tertiary/aromatic N) is 4. The average molecular weight is 328 g/mol. The van der Waals surface area contributed by atoms with Crippen molar-refractivity contribution < 1.29 is 5.11 Å². The molecule has 2 atom stereocenters. The van der Waals surface area contributed by atoms with E-state index in [1.807, 2.05) is 17.8 Å². The van der Waals surface area contributed by atoms with Gasteiger partial charge in [0.2, 0.25) is 0 Å². The summed E-state index contributed by atoms with van der Waals surface area (Å²) in [5.41, 5.74) is 2.55. The predicted octanol–water partition coefficient (Wildman–Crippen LogP) is 2.43. The van der Waals surface area contributed by atoms with Gasteiger partial charge in [0.1, 0.15) is 11.9 Å². The van der Waals surface area contributed by atoms with Gasteiger partial charge in [-0.1, -0.05) is 12.1 Å². The van der Waals surface area contributed by atoms with Crippen LogP contribution in [0.1, 0.15) is 30.3 Å². The molecule has 1 fully saturated rings. The fraction of sp³-hybridized carbons (Fsp3) is 0.526. The highest BCUT2D eigenvalue weighted by Gasteiger charge is 2.29. The summed E-state index contributed by atoms with van der Waals surface area (Å²) >= 11 is 0. The van der Waals surface area contributed by atoms with E-state index in [-0.39, 0.29) is 5.92 Å². The maximum absolute atomic E-state index is 10.7. The zero-order valence-corrected chi connectivity index (χ0v) is 14.9. The minimum Gasteiger partial charge on any atom is -0.385 e. The monoisotopic (exact) mass is 328 g/mol. The van der Waals surface area contributed by atoms with E-state index in [0.29, 0.717) is 0 Å². The van der Waals surface area contributed by atoms with E-state index in [1.54, 1.807) is 6.20 Å². The van der Waals surface area contributed by atoms with Gasteiger partial charge in [-0.05, 0) is 37.1 Å². The van der Waals surface area contributed by atoms with Crippen LogP contribution in [0.25, 0.3) is 0 Å². The summed E-state index contributed by atoms with van der Waals surface area (Å²) in [6.07, 6.45) is 5.35. The van der Waals surface area contributed by atoms with Crippen LogP contribution in [0.2, 0.25) is 0 Å². The molecule has 0 saturated carbocycles. The van der Waals surface area contributed by atoms with E-state index < -0.39 is 6.10 Å². The predicted molar refractivity (Wildman–Crippen MR) is 96.9 cm³/mol. The molecular formula is C19H28N4O. The first-order chi connectivity index (χ1) is 11.5. The summed E-state index contributed by atoms with van der Waals surface area (Å²) in [7, 11) is 6.06. The number of likely N-dealkylation sites (tertiary alicyclic amines) is 1. The third kappa shape index (κ3) is 3.79. The fourth-order valence-electron chi connectivity index (χ4n) is 3.52. The Morgan fingerprint density at radius 3 is 2.67 bits per heavy atom. The molecule has 0 amide bonds. The van der Waals surface area contributed by atoms with Crippen molar-refractivity contribution in [2.45, 2.75) is 25.5 Å². The Balaban J connectivity index is 1.62. The van der Waals surface area contributed by atoms with Gasteiger partial charge in [0.15, 0.2) is 0 Å².